The van der Waals surface area contributed by atoms with E-state index in [4.69, 9.17) is 10.00 Å². The molecule has 2 aromatic carbocycles. The molecule has 0 radical (unpaired) electrons. The summed E-state index contributed by atoms with van der Waals surface area (Å²) in [6, 6.07) is 16.8. The lowest BCUT2D eigenvalue weighted by Gasteiger charge is -2.16. The number of methoxy groups -OCH3 is 1. The van der Waals surface area contributed by atoms with E-state index in [-0.39, 0.29) is 5.91 Å². The number of carbonyl (C=O) groups excluding carboxylic acids is 2. The normalized spacial score (nSPS) is 11.1. The molecule has 0 saturated carbocycles. The average molecular weight is 308 g/mol. The first-order chi connectivity index (χ1) is 11.1. The van der Waals surface area contributed by atoms with E-state index in [0.29, 0.717) is 17.5 Å². The van der Waals surface area contributed by atoms with Gasteiger partial charge in [0.15, 0.2) is 0 Å². The number of amides is 1. The first kappa shape index (κ1) is 16.2. The molecule has 5 heteroatoms. The molecule has 5 nitrogen and oxygen atoms in total. The minimum Gasteiger partial charge on any atom is -0.467 e. The van der Waals surface area contributed by atoms with Gasteiger partial charge < -0.3 is 10.1 Å². The Morgan fingerprint density at radius 2 is 1.78 bits per heavy atom. The molecule has 0 aromatic heterocycles. The first-order valence-electron chi connectivity index (χ1n) is 7.07. The van der Waals surface area contributed by atoms with Crippen molar-refractivity contribution in [3.05, 3.63) is 71.3 Å². The van der Waals surface area contributed by atoms with Crippen LogP contribution in [0.3, 0.4) is 0 Å². The van der Waals surface area contributed by atoms with Crippen molar-refractivity contribution in [2.45, 2.75) is 12.5 Å². The SMILES string of the molecule is COC(=O)[C@H](Cc1ccccc1)NC(=O)c1ccc(C#N)cc1. The van der Waals surface area contributed by atoms with E-state index < -0.39 is 12.0 Å². The highest BCUT2D eigenvalue weighted by molar-refractivity contribution is 5.96. The maximum atomic E-state index is 12.3. The van der Waals surface area contributed by atoms with E-state index in [1.54, 1.807) is 24.3 Å². The van der Waals surface area contributed by atoms with Gasteiger partial charge in [-0.2, -0.15) is 5.26 Å². The third-order valence-corrected chi connectivity index (χ3v) is 3.35. The Morgan fingerprint density at radius 3 is 2.35 bits per heavy atom. The zero-order valence-corrected chi connectivity index (χ0v) is 12.7. The average Bonchev–Trinajstić information content (AvgIpc) is 2.61. The Labute approximate surface area is 134 Å². The van der Waals surface area contributed by atoms with E-state index in [2.05, 4.69) is 5.32 Å². The fraction of sp³-hybridized carbons (Fsp3) is 0.167. The van der Waals surface area contributed by atoms with E-state index >= 15 is 0 Å². The van der Waals surface area contributed by atoms with Gasteiger partial charge in [0.05, 0.1) is 18.7 Å². The summed E-state index contributed by atoms with van der Waals surface area (Å²) in [5.74, 6) is -0.892. The molecule has 0 heterocycles. The van der Waals surface area contributed by atoms with Crippen LogP contribution in [0.4, 0.5) is 0 Å². The Bertz CT molecular complexity index is 718. The fourth-order valence-corrected chi connectivity index (χ4v) is 2.12. The number of hydrogen-bond acceptors (Lipinski definition) is 4. The molecule has 0 unspecified atom stereocenters. The fourth-order valence-electron chi connectivity index (χ4n) is 2.12. The summed E-state index contributed by atoms with van der Waals surface area (Å²) in [5, 5.41) is 11.4. The summed E-state index contributed by atoms with van der Waals surface area (Å²) in [4.78, 5) is 24.2. The highest BCUT2D eigenvalue weighted by atomic mass is 16.5. The first-order valence-corrected chi connectivity index (χ1v) is 7.07. The molecule has 0 bridgehead atoms. The van der Waals surface area contributed by atoms with Gasteiger partial charge in [0.2, 0.25) is 0 Å². The number of esters is 1. The molecule has 2 aromatic rings. The standard InChI is InChI=1S/C18H16N2O3/c1-23-18(22)16(11-13-5-3-2-4-6-13)20-17(21)15-9-7-14(12-19)8-10-15/h2-10,16H,11H2,1H3,(H,20,21)/t16-/m0/s1. The van der Waals surface area contributed by atoms with Crippen LogP contribution < -0.4 is 5.32 Å². The molecule has 23 heavy (non-hydrogen) atoms. The predicted molar refractivity (Wildman–Crippen MR) is 84.6 cm³/mol. The number of benzene rings is 2. The van der Waals surface area contributed by atoms with Gasteiger partial charge in [-0.1, -0.05) is 30.3 Å². The van der Waals surface area contributed by atoms with Crippen LogP contribution in [-0.2, 0) is 16.0 Å². The maximum absolute atomic E-state index is 12.3. The topological polar surface area (TPSA) is 79.2 Å². The van der Waals surface area contributed by atoms with Crippen LogP contribution >= 0.6 is 0 Å². The summed E-state index contributed by atoms with van der Waals surface area (Å²) in [7, 11) is 1.29. The van der Waals surface area contributed by atoms with Crippen molar-refractivity contribution < 1.29 is 14.3 Å². The molecule has 1 amide bonds. The molecular formula is C18H16N2O3. The molecule has 0 aliphatic carbocycles. The number of rotatable bonds is 5. The monoisotopic (exact) mass is 308 g/mol. The van der Waals surface area contributed by atoms with Gasteiger partial charge in [0.25, 0.3) is 5.91 Å². The molecule has 116 valence electrons. The van der Waals surface area contributed by atoms with E-state index in [0.717, 1.165) is 5.56 Å². The van der Waals surface area contributed by atoms with Crippen molar-refractivity contribution in [1.82, 2.24) is 5.32 Å². The summed E-state index contributed by atoms with van der Waals surface area (Å²) in [5.41, 5.74) is 1.77. The minimum absolute atomic E-state index is 0.343. The second-order valence-corrected chi connectivity index (χ2v) is 4.93. The van der Waals surface area contributed by atoms with Crippen LogP contribution in [-0.4, -0.2) is 25.0 Å². The molecule has 0 aliphatic rings. The van der Waals surface area contributed by atoms with Crippen LogP contribution in [0.1, 0.15) is 21.5 Å². The van der Waals surface area contributed by atoms with Crippen molar-refractivity contribution in [1.29, 1.82) is 5.26 Å². The lowest BCUT2D eigenvalue weighted by Crippen LogP contribution is -2.43. The summed E-state index contributed by atoms with van der Waals surface area (Å²) >= 11 is 0. The molecule has 1 atom stereocenters. The van der Waals surface area contributed by atoms with Gasteiger partial charge in [-0.05, 0) is 29.8 Å². The van der Waals surface area contributed by atoms with Crippen molar-refractivity contribution in [2.75, 3.05) is 7.11 Å². The molecule has 2 rings (SSSR count). The maximum Gasteiger partial charge on any atom is 0.328 e. The Morgan fingerprint density at radius 1 is 1.13 bits per heavy atom. The minimum atomic E-state index is -0.773. The van der Waals surface area contributed by atoms with Crippen LogP contribution in [0.5, 0.6) is 0 Å². The Hall–Kier alpha value is -3.13. The second kappa shape index (κ2) is 7.76. The number of carbonyl (C=O) groups is 2. The number of nitrogens with zero attached hydrogens (tertiary/aromatic N) is 1. The van der Waals surface area contributed by atoms with Gasteiger partial charge in [0, 0.05) is 12.0 Å². The molecular weight excluding hydrogens is 292 g/mol. The molecule has 1 N–H and O–H groups in total. The second-order valence-electron chi connectivity index (χ2n) is 4.93. The number of ether oxygens (including phenoxy) is 1. The van der Waals surface area contributed by atoms with Crippen LogP contribution in [0, 0.1) is 11.3 Å². The zero-order valence-electron chi connectivity index (χ0n) is 12.7. The molecule has 0 saturated heterocycles. The summed E-state index contributed by atoms with van der Waals surface area (Å²) in [6.07, 6.45) is 0.343. The van der Waals surface area contributed by atoms with E-state index in [1.807, 2.05) is 36.4 Å². The highest BCUT2D eigenvalue weighted by Crippen LogP contribution is 2.07. The van der Waals surface area contributed by atoms with Crippen molar-refractivity contribution >= 4 is 11.9 Å². The van der Waals surface area contributed by atoms with Gasteiger partial charge in [-0.15, -0.1) is 0 Å². The summed E-state index contributed by atoms with van der Waals surface area (Å²) < 4.78 is 4.76. The van der Waals surface area contributed by atoms with Gasteiger partial charge >= 0.3 is 5.97 Å². The lowest BCUT2D eigenvalue weighted by atomic mass is 10.1. The summed E-state index contributed by atoms with van der Waals surface area (Å²) in [6.45, 7) is 0. The third kappa shape index (κ3) is 4.42. The van der Waals surface area contributed by atoms with Crippen LogP contribution in [0.25, 0.3) is 0 Å². The van der Waals surface area contributed by atoms with Gasteiger partial charge in [0.1, 0.15) is 6.04 Å². The van der Waals surface area contributed by atoms with E-state index in [1.165, 1.54) is 7.11 Å². The van der Waals surface area contributed by atoms with Gasteiger partial charge in [-0.3, -0.25) is 4.79 Å². The number of hydrogen-bond donors (Lipinski definition) is 1. The smallest absolute Gasteiger partial charge is 0.328 e. The predicted octanol–water partition coefficient (Wildman–Crippen LogP) is 2.07. The Balaban J connectivity index is 2.12. The zero-order chi connectivity index (χ0) is 16.7. The van der Waals surface area contributed by atoms with Crippen LogP contribution in [0.2, 0.25) is 0 Å². The lowest BCUT2D eigenvalue weighted by molar-refractivity contribution is -0.142. The van der Waals surface area contributed by atoms with Crippen LogP contribution in [0.15, 0.2) is 54.6 Å². The molecule has 0 spiro atoms. The largest absolute Gasteiger partial charge is 0.467 e. The van der Waals surface area contributed by atoms with E-state index in [9.17, 15) is 9.59 Å². The molecule has 0 aliphatic heterocycles. The van der Waals surface area contributed by atoms with Gasteiger partial charge in [-0.25, -0.2) is 4.79 Å². The van der Waals surface area contributed by atoms with Crippen molar-refractivity contribution in [3.63, 3.8) is 0 Å². The highest BCUT2D eigenvalue weighted by Gasteiger charge is 2.22. The quantitative estimate of drug-likeness (QED) is 0.858. The van der Waals surface area contributed by atoms with Crippen molar-refractivity contribution in [3.8, 4) is 6.07 Å². The molecule has 0 fully saturated rings. The number of nitrogens with one attached hydrogen (secondary N) is 1. The number of nitriles is 1. The Kier molecular flexibility index (Phi) is 5.48. The van der Waals surface area contributed by atoms with Crippen molar-refractivity contribution in [2.24, 2.45) is 0 Å². The third-order valence-electron chi connectivity index (χ3n) is 3.35.